The first-order chi connectivity index (χ1) is 7.22. The predicted molar refractivity (Wildman–Crippen MR) is 62.2 cm³/mol. The maximum absolute atomic E-state index is 8.63. The first-order valence-corrected chi connectivity index (χ1v) is 6.11. The molecule has 1 fully saturated rings. The van der Waals surface area contributed by atoms with E-state index < -0.39 is 0 Å². The number of nitriles is 1. The highest BCUT2D eigenvalue weighted by atomic mass is 32.1. The van der Waals surface area contributed by atoms with Crippen molar-refractivity contribution in [1.82, 2.24) is 4.98 Å². The smallest absolute Gasteiger partial charge is 0.186 e. The van der Waals surface area contributed by atoms with Crippen molar-refractivity contribution >= 4 is 16.5 Å². The summed E-state index contributed by atoms with van der Waals surface area (Å²) in [6, 6.07) is 2.85. The number of anilines is 1. The normalized spacial score (nSPS) is 15.0. The van der Waals surface area contributed by atoms with Gasteiger partial charge in [0.15, 0.2) is 5.13 Å². The van der Waals surface area contributed by atoms with Crippen LogP contribution in [0.1, 0.15) is 29.8 Å². The van der Waals surface area contributed by atoms with E-state index in [1.54, 1.807) is 11.3 Å². The summed E-state index contributed by atoms with van der Waals surface area (Å²) in [4.78, 5) is 8.14. The molecule has 0 aromatic carbocycles. The maximum Gasteiger partial charge on any atom is 0.186 e. The summed E-state index contributed by atoms with van der Waals surface area (Å²) in [6.45, 7) is 4.98. The third-order valence-electron chi connectivity index (χ3n) is 2.72. The first-order valence-electron chi connectivity index (χ1n) is 5.30. The van der Waals surface area contributed by atoms with Crippen LogP contribution in [0, 0.1) is 25.2 Å². The molecule has 1 aliphatic rings. The maximum atomic E-state index is 8.63. The Hall–Kier alpha value is -1.08. The van der Waals surface area contributed by atoms with Gasteiger partial charge in [-0.3, -0.25) is 0 Å². The SMILES string of the molecule is Cc1nc(N(CCC#N)C2CC2)sc1C. The number of hydrogen-bond donors (Lipinski definition) is 0. The Bertz CT molecular complexity index is 368. The number of aromatic nitrogens is 1. The molecule has 1 saturated carbocycles. The summed E-state index contributed by atoms with van der Waals surface area (Å²) in [5.41, 5.74) is 1.12. The van der Waals surface area contributed by atoms with Gasteiger partial charge in [0.25, 0.3) is 0 Å². The highest BCUT2D eigenvalue weighted by Crippen LogP contribution is 2.34. The van der Waals surface area contributed by atoms with E-state index in [4.69, 9.17) is 5.26 Å². The number of hydrogen-bond acceptors (Lipinski definition) is 4. The third kappa shape index (κ3) is 2.29. The molecule has 0 spiro atoms. The molecule has 0 saturated heterocycles. The van der Waals surface area contributed by atoms with E-state index in [9.17, 15) is 0 Å². The Balaban J connectivity index is 2.13. The van der Waals surface area contributed by atoms with Crippen molar-refractivity contribution in [2.24, 2.45) is 0 Å². The van der Waals surface area contributed by atoms with Crippen molar-refractivity contribution < 1.29 is 0 Å². The summed E-state index contributed by atoms with van der Waals surface area (Å²) < 4.78 is 0. The molecule has 1 aliphatic carbocycles. The molecular weight excluding hydrogens is 206 g/mol. The fraction of sp³-hybridized carbons (Fsp3) is 0.636. The summed E-state index contributed by atoms with van der Waals surface area (Å²) >= 11 is 1.75. The Morgan fingerprint density at radius 1 is 1.53 bits per heavy atom. The van der Waals surface area contributed by atoms with Crippen LogP contribution in [0.4, 0.5) is 5.13 Å². The monoisotopic (exact) mass is 221 g/mol. The van der Waals surface area contributed by atoms with Crippen LogP contribution in [0.25, 0.3) is 0 Å². The fourth-order valence-electron chi connectivity index (χ4n) is 1.57. The van der Waals surface area contributed by atoms with E-state index in [2.05, 4.69) is 22.9 Å². The molecule has 1 aromatic heterocycles. The van der Waals surface area contributed by atoms with Crippen LogP contribution in [-0.4, -0.2) is 17.6 Å². The van der Waals surface area contributed by atoms with Crippen LogP contribution in [-0.2, 0) is 0 Å². The van der Waals surface area contributed by atoms with Gasteiger partial charge in [-0.1, -0.05) is 0 Å². The highest BCUT2D eigenvalue weighted by Gasteiger charge is 2.30. The fourth-order valence-corrected chi connectivity index (χ4v) is 2.58. The van der Waals surface area contributed by atoms with E-state index in [-0.39, 0.29) is 0 Å². The van der Waals surface area contributed by atoms with Gasteiger partial charge < -0.3 is 4.90 Å². The lowest BCUT2D eigenvalue weighted by atomic mass is 10.4. The average Bonchev–Trinajstić information content (AvgIpc) is 2.97. The van der Waals surface area contributed by atoms with E-state index in [1.807, 2.05) is 6.92 Å². The van der Waals surface area contributed by atoms with Gasteiger partial charge in [0.2, 0.25) is 0 Å². The lowest BCUT2D eigenvalue weighted by Gasteiger charge is -2.19. The molecule has 0 atom stereocenters. The average molecular weight is 221 g/mol. The number of aryl methyl sites for hydroxylation is 2. The van der Waals surface area contributed by atoms with E-state index in [0.29, 0.717) is 12.5 Å². The number of rotatable bonds is 4. The Morgan fingerprint density at radius 2 is 2.27 bits per heavy atom. The zero-order chi connectivity index (χ0) is 10.8. The van der Waals surface area contributed by atoms with Crippen molar-refractivity contribution in [1.29, 1.82) is 5.26 Å². The largest absolute Gasteiger partial charge is 0.344 e. The quantitative estimate of drug-likeness (QED) is 0.784. The van der Waals surface area contributed by atoms with Crippen molar-refractivity contribution in [3.05, 3.63) is 10.6 Å². The second kappa shape index (κ2) is 4.19. The van der Waals surface area contributed by atoms with Crippen molar-refractivity contribution in [3.8, 4) is 6.07 Å². The molecule has 15 heavy (non-hydrogen) atoms. The molecular formula is C11H15N3S. The minimum absolute atomic E-state index is 0.591. The summed E-state index contributed by atoms with van der Waals surface area (Å²) in [7, 11) is 0. The molecule has 0 radical (unpaired) electrons. The predicted octanol–water partition coefficient (Wildman–Crippen LogP) is 2.64. The van der Waals surface area contributed by atoms with Crippen molar-refractivity contribution in [3.63, 3.8) is 0 Å². The molecule has 1 aromatic rings. The van der Waals surface area contributed by atoms with Gasteiger partial charge in [-0.2, -0.15) is 5.26 Å². The molecule has 0 unspecified atom stereocenters. The standard InChI is InChI=1S/C11H15N3S/c1-8-9(2)15-11(13-8)14(7-3-6-12)10-4-5-10/h10H,3-5,7H2,1-2H3. The molecule has 1 heterocycles. The second-order valence-electron chi connectivity index (χ2n) is 3.97. The molecule has 0 N–H and O–H groups in total. The third-order valence-corrected chi connectivity index (χ3v) is 3.83. The minimum Gasteiger partial charge on any atom is -0.344 e. The van der Waals surface area contributed by atoms with Crippen molar-refractivity contribution in [2.45, 2.75) is 39.2 Å². The summed E-state index contributed by atoms with van der Waals surface area (Å²) in [6.07, 6.45) is 3.10. The molecule has 80 valence electrons. The van der Waals surface area contributed by atoms with Crippen LogP contribution in [0.3, 0.4) is 0 Å². The molecule has 0 aliphatic heterocycles. The number of nitrogens with zero attached hydrogens (tertiary/aromatic N) is 3. The first kappa shape index (κ1) is 10.4. The summed E-state index contributed by atoms with van der Waals surface area (Å²) in [5.74, 6) is 0. The Labute approximate surface area is 94.4 Å². The van der Waals surface area contributed by atoms with Gasteiger partial charge in [0.1, 0.15) is 0 Å². The van der Waals surface area contributed by atoms with E-state index in [1.165, 1.54) is 17.7 Å². The van der Waals surface area contributed by atoms with E-state index in [0.717, 1.165) is 17.4 Å². The molecule has 3 nitrogen and oxygen atoms in total. The van der Waals surface area contributed by atoms with Gasteiger partial charge in [-0.15, -0.1) is 11.3 Å². The van der Waals surface area contributed by atoms with E-state index >= 15 is 0 Å². The molecule has 2 rings (SSSR count). The number of thiazole rings is 1. The van der Waals surface area contributed by atoms with Gasteiger partial charge >= 0.3 is 0 Å². The zero-order valence-corrected chi connectivity index (χ0v) is 9.97. The van der Waals surface area contributed by atoms with Crippen molar-refractivity contribution in [2.75, 3.05) is 11.4 Å². The summed E-state index contributed by atoms with van der Waals surface area (Å²) in [5, 5.41) is 9.73. The van der Waals surface area contributed by atoms with Crippen LogP contribution < -0.4 is 4.90 Å². The van der Waals surface area contributed by atoms with Gasteiger partial charge in [0, 0.05) is 17.5 Å². The molecule has 4 heteroatoms. The highest BCUT2D eigenvalue weighted by molar-refractivity contribution is 7.15. The van der Waals surface area contributed by atoms with Gasteiger partial charge in [-0.25, -0.2) is 4.98 Å². The van der Waals surface area contributed by atoms with Gasteiger partial charge in [-0.05, 0) is 26.7 Å². The Morgan fingerprint density at radius 3 is 2.73 bits per heavy atom. The minimum atomic E-state index is 0.591. The Kier molecular flexibility index (Phi) is 2.92. The lowest BCUT2D eigenvalue weighted by Crippen LogP contribution is -2.26. The topological polar surface area (TPSA) is 39.9 Å². The molecule has 0 bridgehead atoms. The second-order valence-corrected chi connectivity index (χ2v) is 5.15. The van der Waals surface area contributed by atoms with Gasteiger partial charge in [0.05, 0.1) is 18.2 Å². The van der Waals surface area contributed by atoms with Crippen LogP contribution >= 0.6 is 11.3 Å². The van der Waals surface area contributed by atoms with Crippen LogP contribution in [0.15, 0.2) is 0 Å². The lowest BCUT2D eigenvalue weighted by molar-refractivity contribution is 0.787. The zero-order valence-electron chi connectivity index (χ0n) is 9.16. The molecule has 0 amide bonds. The van der Waals surface area contributed by atoms with Crippen LogP contribution in [0.5, 0.6) is 0 Å². The van der Waals surface area contributed by atoms with Crippen LogP contribution in [0.2, 0.25) is 0 Å².